The van der Waals surface area contributed by atoms with Crippen molar-refractivity contribution in [3.63, 3.8) is 0 Å². The Morgan fingerprint density at radius 1 is 1.15 bits per heavy atom. The lowest BCUT2D eigenvalue weighted by atomic mass is 10.1. The van der Waals surface area contributed by atoms with Crippen LogP contribution < -0.4 is 5.32 Å². The number of rotatable bonds is 4. The number of nitrogens with zero attached hydrogens (tertiary/aromatic N) is 5. The number of anilines is 1. The third-order valence-corrected chi connectivity index (χ3v) is 4.75. The first kappa shape index (κ1) is 17.2. The van der Waals surface area contributed by atoms with E-state index in [-0.39, 0.29) is 11.8 Å². The molecule has 0 bridgehead atoms. The number of pyridine rings is 2. The molecule has 7 nitrogen and oxygen atoms in total. The molecule has 3 aromatic heterocycles. The molecule has 1 aliphatic heterocycles. The van der Waals surface area contributed by atoms with E-state index in [1.165, 1.54) is 0 Å². The van der Waals surface area contributed by atoms with E-state index >= 15 is 0 Å². The molecule has 3 aromatic rings. The first-order valence-electron chi connectivity index (χ1n) is 9.06. The number of carbonyl (C=O) groups excluding carboxylic acids is 1. The van der Waals surface area contributed by atoms with E-state index in [9.17, 15) is 4.79 Å². The summed E-state index contributed by atoms with van der Waals surface area (Å²) in [6, 6.07) is 11.5. The van der Waals surface area contributed by atoms with Crippen LogP contribution in [0, 0.1) is 12.8 Å². The minimum atomic E-state index is -0.0000129. The normalized spacial score (nSPS) is 16.5. The van der Waals surface area contributed by atoms with E-state index < -0.39 is 0 Å². The highest BCUT2D eigenvalue weighted by Crippen LogP contribution is 2.19. The maximum absolute atomic E-state index is 13.0. The largest absolute Gasteiger partial charge is 0.370 e. The van der Waals surface area contributed by atoms with Gasteiger partial charge >= 0.3 is 0 Å². The molecule has 1 amide bonds. The van der Waals surface area contributed by atoms with Crippen LogP contribution in [0.2, 0.25) is 0 Å². The van der Waals surface area contributed by atoms with Crippen LogP contribution in [0.3, 0.4) is 0 Å². The Bertz CT molecular complexity index is 906. The van der Waals surface area contributed by atoms with Crippen molar-refractivity contribution in [2.45, 2.75) is 20.0 Å². The van der Waals surface area contributed by atoms with Crippen molar-refractivity contribution in [2.24, 2.45) is 5.92 Å². The zero-order valence-electron chi connectivity index (χ0n) is 15.2. The molecule has 0 radical (unpaired) electrons. The Morgan fingerprint density at radius 3 is 2.85 bits per heavy atom. The fourth-order valence-corrected chi connectivity index (χ4v) is 3.31. The van der Waals surface area contributed by atoms with Crippen LogP contribution >= 0.6 is 0 Å². The molecule has 7 heteroatoms. The average Bonchev–Trinajstić information content (AvgIpc) is 3.05. The van der Waals surface area contributed by atoms with E-state index in [0.717, 1.165) is 23.8 Å². The van der Waals surface area contributed by atoms with Crippen molar-refractivity contribution in [3.8, 4) is 0 Å². The Balaban J connectivity index is 1.53. The first-order valence-corrected chi connectivity index (χ1v) is 9.06. The van der Waals surface area contributed by atoms with Gasteiger partial charge < -0.3 is 10.2 Å². The molecule has 138 valence electrons. The molecule has 27 heavy (non-hydrogen) atoms. The van der Waals surface area contributed by atoms with E-state index in [2.05, 4.69) is 20.4 Å². The zero-order chi connectivity index (χ0) is 18.6. The van der Waals surface area contributed by atoms with Crippen molar-refractivity contribution < 1.29 is 4.79 Å². The standard InChI is InChI=1S/C20H22N6O/c1-15-5-6-17(11-22-15)20(27)25-12-16(10-23-19-4-2-3-8-21-19)13-26-18(14-25)7-9-24-26/h2-9,11,16H,10,12-14H2,1H3,(H,21,23). The highest BCUT2D eigenvalue weighted by atomic mass is 16.2. The van der Waals surface area contributed by atoms with Crippen LogP contribution in [0.15, 0.2) is 55.0 Å². The highest BCUT2D eigenvalue weighted by molar-refractivity contribution is 5.93. The van der Waals surface area contributed by atoms with Crippen molar-refractivity contribution in [2.75, 3.05) is 18.4 Å². The molecule has 0 aliphatic carbocycles. The Kier molecular flexibility index (Phi) is 4.82. The van der Waals surface area contributed by atoms with E-state index in [1.54, 1.807) is 18.6 Å². The summed E-state index contributed by atoms with van der Waals surface area (Å²) in [6.07, 6.45) is 5.21. The third-order valence-electron chi connectivity index (χ3n) is 4.75. The van der Waals surface area contributed by atoms with E-state index in [0.29, 0.717) is 25.2 Å². The molecule has 0 fully saturated rings. The minimum absolute atomic E-state index is 0.0000129. The SMILES string of the molecule is Cc1ccc(C(=O)N2Cc3ccnn3CC(CNc3ccccn3)C2)cn1. The second-order valence-electron chi connectivity index (χ2n) is 6.84. The lowest BCUT2D eigenvalue weighted by molar-refractivity contribution is 0.0724. The smallest absolute Gasteiger partial charge is 0.255 e. The number of nitrogens with one attached hydrogen (secondary N) is 1. The monoisotopic (exact) mass is 362 g/mol. The van der Waals surface area contributed by atoms with Gasteiger partial charge in [-0.05, 0) is 37.3 Å². The number of carbonyl (C=O) groups is 1. The molecule has 1 atom stereocenters. The lowest BCUT2D eigenvalue weighted by Crippen LogP contribution is -2.36. The number of amides is 1. The first-order chi connectivity index (χ1) is 13.2. The topological polar surface area (TPSA) is 75.9 Å². The van der Waals surface area contributed by atoms with Crippen molar-refractivity contribution in [1.82, 2.24) is 24.6 Å². The van der Waals surface area contributed by atoms with Crippen LogP contribution in [0.25, 0.3) is 0 Å². The Morgan fingerprint density at radius 2 is 2.07 bits per heavy atom. The summed E-state index contributed by atoms with van der Waals surface area (Å²) in [5, 5.41) is 7.79. The van der Waals surface area contributed by atoms with E-state index in [1.807, 2.05) is 52.9 Å². The quantitative estimate of drug-likeness (QED) is 0.771. The van der Waals surface area contributed by atoms with Crippen molar-refractivity contribution in [3.05, 3.63) is 71.9 Å². The summed E-state index contributed by atoms with van der Waals surface area (Å²) < 4.78 is 1.99. The summed E-state index contributed by atoms with van der Waals surface area (Å²) in [4.78, 5) is 23.5. The van der Waals surface area contributed by atoms with Gasteiger partial charge in [0.05, 0.1) is 17.8 Å². The maximum Gasteiger partial charge on any atom is 0.255 e. The summed E-state index contributed by atoms with van der Waals surface area (Å²) in [5.41, 5.74) is 2.56. The summed E-state index contributed by atoms with van der Waals surface area (Å²) >= 11 is 0. The van der Waals surface area contributed by atoms with Gasteiger partial charge in [0.25, 0.3) is 5.91 Å². The Labute approximate surface area is 158 Å². The van der Waals surface area contributed by atoms with Crippen LogP contribution in [-0.2, 0) is 13.1 Å². The van der Waals surface area contributed by atoms with Gasteiger partial charge in [-0.15, -0.1) is 0 Å². The predicted molar refractivity (Wildman–Crippen MR) is 102 cm³/mol. The molecule has 4 heterocycles. The second kappa shape index (κ2) is 7.57. The van der Waals surface area contributed by atoms with Gasteiger partial charge in [-0.25, -0.2) is 4.98 Å². The molecule has 1 unspecified atom stereocenters. The number of hydrogen-bond acceptors (Lipinski definition) is 5. The summed E-state index contributed by atoms with van der Waals surface area (Å²) in [7, 11) is 0. The molecular formula is C20H22N6O. The molecule has 1 N–H and O–H groups in total. The third kappa shape index (κ3) is 3.97. The number of fused-ring (bicyclic) bond motifs is 1. The maximum atomic E-state index is 13.0. The highest BCUT2D eigenvalue weighted by Gasteiger charge is 2.26. The van der Waals surface area contributed by atoms with Gasteiger partial charge in [-0.1, -0.05) is 6.07 Å². The van der Waals surface area contributed by atoms with Gasteiger partial charge in [0.2, 0.25) is 0 Å². The molecule has 0 spiro atoms. The molecule has 0 aromatic carbocycles. The molecule has 1 aliphatic rings. The van der Waals surface area contributed by atoms with Gasteiger partial charge in [0.15, 0.2) is 0 Å². The molecule has 0 saturated carbocycles. The van der Waals surface area contributed by atoms with Crippen molar-refractivity contribution >= 4 is 11.7 Å². The predicted octanol–water partition coefficient (Wildman–Crippen LogP) is 2.37. The van der Waals surface area contributed by atoms with Crippen LogP contribution in [0.4, 0.5) is 5.82 Å². The lowest BCUT2D eigenvalue weighted by Gasteiger charge is -2.24. The fraction of sp³-hybridized carbons (Fsp3) is 0.300. The van der Waals surface area contributed by atoms with Crippen LogP contribution in [0.1, 0.15) is 21.7 Å². The van der Waals surface area contributed by atoms with Crippen LogP contribution in [-0.4, -0.2) is 43.6 Å². The van der Waals surface area contributed by atoms with Gasteiger partial charge in [-0.3, -0.25) is 14.5 Å². The Hall–Kier alpha value is -3.22. The van der Waals surface area contributed by atoms with Gasteiger partial charge in [0, 0.05) is 49.8 Å². The van der Waals surface area contributed by atoms with Gasteiger partial charge in [0.1, 0.15) is 5.82 Å². The average molecular weight is 362 g/mol. The summed E-state index contributed by atoms with van der Waals surface area (Å²) in [6.45, 7) is 4.59. The van der Waals surface area contributed by atoms with Gasteiger partial charge in [-0.2, -0.15) is 5.10 Å². The summed E-state index contributed by atoms with van der Waals surface area (Å²) in [5.74, 6) is 1.05. The minimum Gasteiger partial charge on any atom is -0.370 e. The van der Waals surface area contributed by atoms with Crippen molar-refractivity contribution in [1.29, 1.82) is 0 Å². The van der Waals surface area contributed by atoms with E-state index in [4.69, 9.17) is 0 Å². The zero-order valence-corrected chi connectivity index (χ0v) is 15.2. The number of aromatic nitrogens is 4. The molecule has 4 rings (SSSR count). The van der Waals surface area contributed by atoms with Crippen LogP contribution in [0.5, 0.6) is 0 Å². The molecule has 0 saturated heterocycles. The number of aryl methyl sites for hydroxylation is 1. The fourth-order valence-electron chi connectivity index (χ4n) is 3.31. The number of hydrogen-bond donors (Lipinski definition) is 1. The second-order valence-corrected chi connectivity index (χ2v) is 6.84. The molecular weight excluding hydrogens is 340 g/mol.